The van der Waals surface area contributed by atoms with Crippen LogP contribution in [0.5, 0.6) is 0 Å². The minimum atomic E-state index is -0.516. The van der Waals surface area contributed by atoms with Crippen molar-refractivity contribution >= 4 is 5.91 Å². The van der Waals surface area contributed by atoms with Crippen molar-refractivity contribution in [2.45, 2.75) is 37.8 Å². The molecule has 2 aromatic heterocycles. The molecule has 8 nitrogen and oxygen atoms in total. The fraction of sp³-hybridized carbons (Fsp3) is 0.444. The van der Waals surface area contributed by atoms with Gasteiger partial charge in [-0.25, -0.2) is 4.79 Å². The number of nitrogens with zero attached hydrogens (tertiary/aromatic N) is 2. The molecule has 1 amide bonds. The first-order valence-corrected chi connectivity index (χ1v) is 8.58. The van der Waals surface area contributed by atoms with E-state index in [2.05, 4.69) is 15.3 Å². The second-order valence-corrected chi connectivity index (χ2v) is 6.78. The van der Waals surface area contributed by atoms with E-state index in [1.54, 1.807) is 12.4 Å². The zero-order valence-electron chi connectivity index (χ0n) is 14.5. The molecule has 2 aromatic rings. The molecule has 1 atom stereocenters. The number of aromatic amines is 1. The number of hydrogen-bond donors (Lipinski definition) is 3. The molecule has 1 aliphatic rings. The monoisotopic (exact) mass is 358 g/mol. The van der Waals surface area contributed by atoms with E-state index in [1.165, 1.54) is 13.2 Å². The highest BCUT2D eigenvalue weighted by molar-refractivity contribution is 5.78. The minimum Gasteiger partial charge on any atom is -0.393 e. The van der Waals surface area contributed by atoms with E-state index in [9.17, 15) is 19.5 Å². The molecule has 0 aliphatic heterocycles. The van der Waals surface area contributed by atoms with Crippen molar-refractivity contribution in [2.75, 3.05) is 0 Å². The molecule has 0 unspecified atom stereocenters. The summed E-state index contributed by atoms with van der Waals surface area (Å²) >= 11 is 0. The van der Waals surface area contributed by atoms with Crippen molar-refractivity contribution in [1.82, 2.24) is 19.9 Å². The zero-order valence-corrected chi connectivity index (χ0v) is 14.5. The summed E-state index contributed by atoms with van der Waals surface area (Å²) in [6.07, 6.45) is 6.20. The summed E-state index contributed by atoms with van der Waals surface area (Å²) in [4.78, 5) is 42.4. The average molecular weight is 358 g/mol. The molecule has 138 valence electrons. The Bertz CT molecular complexity index is 884. The fourth-order valence-corrected chi connectivity index (χ4v) is 3.24. The quantitative estimate of drug-likeness (QED) is 0.644. The van der Waals surface area contributed by atoms with Crippen LogP contribution in [0.25, 0.3) is 0 Å². The molecule has 0 saturated heterocycles. The topological polar surface area (TPSA) is 117 Å². The van der Waals surface area contributed by atoms with Crippen molar-refractivity contribution in [1.29, 1.82) is 0 Å². The summed E-state index contributed by atoms with van der Waals surface area (Å²) in [6.45, 7) is 0. The van der Waals surface area contributed by atoms with Crippen molar-refractivity contribution < 1.29 is 9.90 Å². The first-order valence-electron chi connectivity index (χ1n) is 8.58. The third-order valence-corrected chi connectivity index (χ3v) is 4.87. The van der Waals surface area contributed by atoms with Gasteiger partial charge in [0.1, 0.15) is 0 Å². The summed E-state index contributed by atoms with van der Waals surface area (Å²) < 4.78 is 0.944. The summed E-state index contributed by atoms with van der Waals surface area (Å²) in [5, 5.41) is 12.6. The highest BCUT2D eigenvalue weighted by atomic mass is 16.3. The lowest BCUT2D eigenvalue weighted by atomic mass is 9.75. The summed E-state index contributed by atoms with van der Waals surface area (Å²) in [7, 11) is 1.37. The maximum Gasteiger partial charge on any atom is 0.328 e. The molecule has 0 radical (unpaired) electrons. The number of amides is 1. The molecule has 1 saturated carbocycles. The van der Waals surface area contributed by atoms with Crippen molar-refractivity contribution in [2.24, 2.45) is 13.0 Å². The Balaban J connectivity index is 1.70. The SMILES string of the molecule is Cn1c(=O)[nH]cc(CC(=O)N[C@@H](Cc2ccncc2)C2CC(O)C2)c1=O. The van der Waals surface area contributed by atoms with Gasteiger partial charge in [0.25, 0.3) is 5.56 Å². The van der Waals surface area contributed by atoms with Gasteiger partial charge in [-0.2, -0.15) is 0 Å². The second-order valence-electron chi connectivity index (χ2n) is 6.78. The van der Waals surface area contributed by atoms with Crippen molar-refractivity contribution in [3.05, 3.63) is 62.7 Å². The van der Waals surface area contributed by atoms with Crippen LogP contribution in [-0.4, -0.2) is 37.7 Å². The molecule has 0 aromatic carbocycles. The summed E-state index contributed by atoms with van der Waals surface area (Å²) in [5.41, 5.74) is 0.291. The molecule has 2 heterocycles. The van der Waals surface area contributed by atoms with Gasteiger partial charge in [0, 0.05) is 37.2 Å². The number of aliphatic hydroxyl groups is 1. The van der Waals surface area contributed by atoms with E-state index in [0.717, 1.165) is 10.1 Å². The first-order chi connectivity index (χ1) is 12.4. The van der Waals surface area contributed by atoms with Gasteiger partial charge in [0.15, 0.2) is 0 Å². The van der Waals surface area contributed by atoms with Gasteiger partial charge in [-0.1, -0.05) is 0 Å². The predicted octanol–water partition coefficient (Wildman–Crippen LogP) is -0.490. The van der Waals surface area contributed by atoms with Gasteiger partial charge < -0.3 is 15.4 Å². The van der Waals surface area contributed by atoms with Crippen LogP contribution in [0.2, 0.25) is 0 Å². The molecule has 0 bridgehead atoms. The van der Waals surface area contributed by atoms with Gasteiger partial charge in [0.2, 0.25) is 5.91 Å². The lowest BCUT2D eigenvalue weighted by molar-refractivity contribution is -0.122. The van der Waals surface area contributed by atoms with Gasteiger partial charge in [0.05, 0.1) is 12.5 Å². The van der Waals surface area contributed by atoms with Crippen LogP contribution >= 0.6 is 0 Å². The van der Waals surface area contributed by atoms with E-state index < -0.39 is 11.2 Å². The number of pyridine rings is 1. The molecule has 1 aliphatic carbocycles. The van der Waals surface area contributed by atoms with Gasteiger partial charge in [-0.3, -0.25) is 19.1 Å². The van der Waals surface area contributed by atoms with Crippen LogP contribution in [0.1, 0.15) is 24.0 Å². The molecular formula is C18H22N4O4. The Morgan fingerprint density at radius 2 is 2.08 bits per heavy atom. The molecule has 8 heteroatoms. The number of hydrogen-bond acceptors (Lipinski definition) is 5. The summed E-state index contributed by atoms with van der Waals surface area (Å²) in [6, 6.07) is 3.66. The number of aliphatic hydroxyl groups excluding tert-OH is 1. The Morgan fingerprint density at radius 1 is 1.38 bits per heavy atom. The maximum absolute atomic E-state index is 12.5. The van der Waals surface area contributed by atoms with Crippen LogP contribution in [0.4, 0.5) is 0 Å². The van der Waals surface area contributed by atoms with E-state index in [1.807, 2.05) is 12.1 Å². The van der Waals surface area contributed by atoms with Crippen molar-refractivity contribution in [3.63, 3.8) is 0 Å². The van der Waals surface area contributed by atoms with Crippen molar-refractivity contribution in [3.8, 4) is 0 Å². The van der Waals surface area contributed by atoms with Crippen LogP contribution in [-0.2, 0) is 24.7 Å². The van der Waals surface area contributed by atoms with Crippen LogP contribution in [0.3, 0.4) is 0 Å². The van der Waals surface area contributed by atoms with Crippen LogP contribution < -0.4 is 16.6 Å². The molecular weight excluding hydrogens is 336 g/mol. The van der Waals surface area contributed by atoms with E-state index >= 15 is 0 Å². The van der Waals surface area contributed by atoms with Gasteiger partial charge in [-0.15, -0.1) is 0 Å². The minimum absolute atomic E-state index is 0.106. The second kappa shape index (κ2) is 7.65. The Kier molecular flexibility index (Phi) is 5.32. The Morgan fingerprint density at radius 3 is 2.73 bits per heavy atom. The third-order valence-electron chi connectivity index (χ3n) is 4.87. The number of carbonyl (C=O) groups excluding carboxylic acids is 1. The first kappa shape index (κ1) is 18.1. The van der Waals surface area contributed by atoms with Gasteiger partial charge in [-0.05, 0) is 42.9 Å². The number of aromatic nitrogens is 3. The third kappa shape index (κ3) is 4.08. The Hall–Kier alpha value is -2.74. The number of rotatable bonds is 6. The lowest BCUT2D eigenvalue weighted by Gasteiger charge is -2.38. The normalized spacial score (nSPS) is 20.2. The number of nitrogens with one attached hydrogen (secondary N) is 2. The van der Waals surface area contributed by atoms with Crippen LogP contribution in [0, 0.1) is 5.92 Å². The van der Waals surface area contributed by atoms with E-state index in [4.69, 9.17) is 0 Å². The smallest absolute Gasteiger partial charge is 0.328 e. The maximum atomic E-state index is 12.5. The standard InChI is InChI=1S/C18H22N4O4/c1-22-17(25)13(10-20-18(22)26)9-16(24)21-15(12-7-14(23)8-12)6-11-2-4-19-5-3-11/h2-5,10,12,14-15,23H,6-9H2,1H3,(H,20,26)(H,21,24)/t12?,14?,15-/m0/s1. The molecule has 3 N–H and O–H groups in total. The predicted molar refractivity (Wildman–Crippen MR) is 94.6 cm³/mol. The zero-order chi connectivity index (χ0) is 18.7. The number of carbonyl (C=O) groups is 1. The number of H-pyrrole nitrogens is 1. The molecule has 3 rings (SSSR count). The molecule has 0 spiro atoms. The molecule has 1 fully saturated rings. The van der Waals surface area contributed by atoms with E-state index in [0.29, 0.717) is 19.3 Å². The highest BCUT2D eigenvalue weighted by Crippen LogP contribution is 2.31. The Labute approximate surface area is 149 Å². The summed E-state index contributed by atoms with van der Waals surface area (Å²) in [5.74, 6) is -0.0878. The average Bonchev–Trinajstić information content (AvgIpc) is 2.60. The largest absolute Gasteiger partial charge is 0.393 e. The van der Waals surface area contributed by atoms with Gasteiger partial charge >= 0.3 is 5.69 Å². The fourth-order valence-electron chi connectivity index (χ4n) is 3.24. The lowest BCUT2D eigenvalue weighted by Crippen LogP contribution is -2.49. The van der Waals surface area contributed by atoms with E-state index in [-0.39, 0.29) is 36.0 Å². The molecule has 26 heavy (non-hydrogen) atoms. The van der Waals surface area contributed by atoms with Crippen LogP contribution in [0.15, 0.2) is 40.3 Å². The highest BCUT2D eigenvalue weighted by Gasteiger charge is 2.34.